The third-order valence-corrected chi connectivity index (χ3v) is 9.00. The number of nitrogens with zero attached hydrogens (tertiary/aromatic N) is 5. The van der Waals surface area contributed by atoms with E-state index in [1.165, 1.54) is 0 Å². The van der Waals surface area contributed by atoms with Crippen LogP contribution in [0.15, 0.2) is 22.8 Å². The van der Waals surface area contributed by atoms with Gasteiger partial charge in [0.2, 0.25) is 16.0 Å². The molecule has 3 aliphatic rings. The number of nitrogens with two attached hydrogens (primary N) is 2. The van der Waals surface area contributed by atoms with Crippen LogP contribution in [0.25, 0.3) is 0 Å². The molecule has 4 rings (SSSR count). The normalized spacial score (nSPS) is 28.8. The summed E-state index contributed by atoms with van der Waals surface area (Å²) in [6.07, 6.45) is 7.78. The summed E-state index contributed by atoms with van der Waals surface area (Å²) in [5.74, 6) is 1.44. The van der Waals surface area contributed by atoms with Crippen molar-refractivity contribution in [1.82, 2.24) is 14.3 Å². The molecule has 1 unspecified atom stereocenters. The Balaban J connectivity index is 1.63. The molecule has 0 aromatic carbocycles. The average Bonchev–Trinajstić information content (AvgIpc) is 3.32. The van der Waals surface area contributed by atoms with Gasteiger partial charge in [0.25, 0.3) is 0 Å². The van der Waals surface area contributed by atoms with Gasteiger partial charge in [-0.1, -0.05) is 6.42 Å². The molecule has 0 spiro atoms. The van der Waals surface area contributed by atoms with Crippen LogP contribution in [-0.4, -0.2) is 66.1 Å². The minimum atomic E-state index is -3.22. The number of ether oxygens (including phenoxy) is 1. The molecule has 10 nitrogen and oxygen atoms in total. The van der Waals surface area contributed by atoms with Gasteiger partial charge in [0.15, 0.2) is 5.82 Å². The number of sulfonamides is 1. The lowest BCUT2D eigenvalue weighted by Crippen LogP contribution is -2.58. The minimum Gasteiger partial charge on any atom is -0.402 e. The molecule has 3 fully saturated rings. The summed E-state index contributed by atoms with van der Waals surface area (Å²) in [4.78, 5) is 16.1. The molecule has 4 heterocycles. The van der Waals surface area contributed by atoms with E-state index in [1.54, 1.807) is 24.2 Å². The van der Waals surface area contributed by atoms with E-state index < -0.39 is 10.0 Å². The molecule has 2 bridgehead atoms. The fourth-order valence-electron chi connectivity index (χ4n) is 5.42. The van der Waals surface area contributed by atoms with Crippen molar-refractivity contribution in [3.05, 3.63) is 23.5 Å². The van der Waals surface area contributed by atoms with Gasteiger partial charge < -0.3 is 21.1 Å². The lowest BCUT2D eigenvalue weighted by molar-refractivity contribution is 0.107. The molecular formula is C23H37N7O3S. The molecule has 0 amide bonds. The van der Waals surface area contributed by atoms with Crippen LogP contribution in [0, 0.1) is 0 Å². The molecule has 0 aliphatic carbocycles. The number of anilines is 1. The second kappa shape index (κ2) is 10.2. The number of piperidine rings is 2. The number of fused-ring (bicyclic) bond motifs is 2. The van der Waals surface area contributed by atoms with Gasteiger partial charge in [0.05, 0.1) is 17.6 Å². The zero-order valence-corrected chi connectivity index (χ0v) is 21.2. The standard InChI is InChI=1S/C23H37N7O3S/c1-4-34(31,32)30-16-7-5-8-17(30)13-18(12-16)29(3)23-26-19(20-9-6-10-33-20)14-22(28-23)27-21(25)11-15(2)24/h11,14,16-18,20H,4-10,12-13,24H2,1-3H3,(H2,25,26,27,28)/b15-11-/t16-,17+,18?,20-/m1/s1. The van der Waals surface area contributed by atoms with E-state index in [0.29, 0.717) is 24.1 Å². The van der Waals surface area contributed by atoms with Gasteiger partial charge >= 0.3 is 0 Å². The van der Waals surface area contributed by atoms with E-state index in [9.17, 15) is 8.42 Å². The van der Waals surface area contributed by atoms with Crippen molar-refractivity contribution in [3.63, 3.8) is 0 Å². The molecule has 188 valence electrons. The fraction of sp³-hybridized carbons (Fsp3) is 0.696. The highest BCUT2D eigenvalue weighted by Gasteiger charge is 2.45. The van der Waals surface area contributed by atoms with Gasteiger partial charge in [-0.2, -0.15) is 9.29 Å². The number of aromatic nitrogens is 2. The molecular weight excluding hydrogens is 454 g/mol. The highest BCUT2D eigenvalue weighted by molar-refractivity contribution is 7.89. The van der Waals surface area contributed by atoms with Crippen LogP contribution >= 0.6 is 0 Å². The van der Waals surface area contributed by atoms with Crippen LogP contribution in [-0.2, 0) is 14.8 Å². The van der Waals surface area contributed by atoms with E-state index in [-0.39, 0.29) is 35.8 Å². The molecule has 1 aromatic rings. The Bertz CT molecular complexity index is 1030. The van der Waals surface area contributed by atoms with Crippen LogP contribution in [0.3, 0.4) is 0 Å². The highest BCUT2D eigenvalue weighted by atomic mass is 32.2. The molecule has 0 radical (unpaired) electrons. The summed E-state index contributed by atoms with van der Waals surface area (Å²) >= 11 is 0. The minimum absolute atomic E-state index is 0.0250. The van der Waals surface area contributed by atoms with E-state index in [0.717, 1.165) is 50.6 Å². The number of rotatable bonds is 7. The first kappa shape index (κ1) is 24.9. The molecule has 4 N–H and O–H groups in total. The van der Waals surface area contributed by atoms with Crippen molar-refractivity contribution in [2.45, 2.75) is 83.0 Å². The number of allylic oxidation sites excluding steroid dienone is 1. The first-order valence-electron chi connectivity index (χ1n) is 12.2. The first-order chi connectivity index (χ1) is 16.2. The largest absolute Gasteiger partial charge is 0.402 e. The zero-order valence-electron chi connectivity index (χ0n) is 20.4. The lowest BCUT2D eigenvalue weighted by atomic mass is 9.83. The van der Waals surface area contributed by atoms with Gasteiger partial charge in [-0.05, 0) is 58.4 Å². The van der Waals surface area contributed by atoms with Crippen LogP contribution < -0.4 is 16.4 Å². The Morgan fingerprint density at radius 2 is 1.94 bits per heavy atom. The second-order valence-corrected chi connectivity index (χ2v) is 11.7. The summed E-state index contributed by atoms with van der Waals surface area (Å²) in [6.45, 7) is 4.19. The number of hydrogen-bond donors (Lipinski definition) is 2. The van der Waals surface area contributed by atoms with E-state index in [1.807, 2.05) is 13.1 Å². The highest BCUT2D eigenvalue weighted by Crippen LogP contribution is 2.39. The Hall–Kier alpha value is -2.24. The van der Waals surface area contributed by atoms with Gasteiger partial charge in [0.1, 0.15) is 5.84 Å². The quantitative estimate of drug-likeness (QED) is 0.437. The molecule has 4 atom stereocenters. The van der Waals surface area contributed by atoms with Crippen LogP contribution in [0.4, 0.5) is 11.8 Å². The second-order valence-electron chi connectivity index (χ2n) is 9.58. The Morgan fingerprint density at radius 3 is 2.53 bits per heavy atom. The van der Waals surface area contributed by atoms with Crippen molar-refractivity contribution in [2.24, 2.45) is 16.5 Å². The van der Waals surface area contributed by atoms with Gasteiger partial charge in [-0.3, -0.25) is 0 Å². The Labute approximate surface area is 202 Å². The molecule has 34 heavy (non-hydrogen) atoms. The van der Waals surface area contributed by atoms with Gasteiger partial charge in [-0.25, -0.2) is 18.4 Å². The summed E-state index contributed by atoms with van der Waals surface area (Å²) in [7, 11) is -1.24. The van der Waals surface area contributed by atoms with Crippen LogP contribution in [0.5, 0.6) is 0 Å². The van der Waals surface area contributed by atoms with Gasteiger partial charge in [0, 0.05) is 43.5 Å². The molecule has 3 saturated heterocycles. The van der Waals surface area contributed by atoms with E-state index in [2.05, 4.69) is 9.89 Å². The number of amidine groups is 1. The van der Waals surface area contributed by atoms with Crippen molar-refractivity contribution in [1.29, 1.82) is 0 Å². The maximum absolute atomic E-state index is 12.8. The van der Waals surface area contributed by atoms with Gasteiger partial charge in [-0.15, -0.1) is 0 Å². The molecule has 1 aromatic heterocycles. The average molecular weight is 492 g/mol. The fourth-order valence-corrected chi connectivity index (χ4v) is 7.01. The topological polar surface area (TPSA) is 140 Å². The van der Waals surface area contributed by atoms with E-state index in [4.69, 9.17) is 26.2 Å². The molecule has 0 saturated carbocycles. The lowest BCUT2D eigenvalue weighted by Gasteiger charge is -2.49. The molecule has 3 aliphatic heterocycles. The predicted octanol–water partition coefficient (Wildman–Crippen LogP) is 2.35. The first-order valence-corrected chi connectivity index (χ1v) is 13.8. The van der Waals surface area contributed by atoms with E-state index >= 15 is 0 Å². The summed E-state index contributed by atoms with van der Waals surface area (Å²) in [5.41, 5.74) is 13.1. The third kappa shape index (κ3) is 5.36. The summed E-state index contributed by atoms with van der Waals surface area (Å²) < 4.78 is 33.2. The summed E-state index contributed by atoms with van der Waals surface area (Å²) in [5, 5.41) is 0. The zero-order chi connectivity index (χ0) is 24.5. The monoisotopic (exact) mass is 491 g/mol. The smallest absolute Gasteiger partial charge is 0.227 e. The van der Waals surface area contributed by atoms with Crippen LogP contribution in [0.1, 0.15) is 70.6 Å². The SMILES string of the molecule is CCS(=O)(=O)N1[C@@H]2CCC[C@H]1CC(N(C)c1nc(N=C(N)/C=C(/C)N)cc([C@H]3CCCO3)n1)C2. The maximum atomic E-state index is 12.8. The Kier molecular flexibility index (Phi) is 7.44. The maximum Gasteiger partial charge on any atom is 0.227 e. The summed E-state index contributed by atoms with van der Waals surface area (Å²) in [6, 6.07) is 2.01. The predicted molar refractivity (Wildman–Crippen MR) is 133 cm³/mol. The van der Waals surface area contributed by atoms with Crippen molar-refractivity contribution in [3.8, 4) is 0 Å². The molecule has 11 heteroatoms. The Morgan fingerprint density at radius 1 is 1.24 bits per heavy atom. The number of hydrogen-bond acceptors (Lipinski definition) is 8. The number of aliphatic imine (C=N–C) groups is 1. The van der Waals surface area contributed by atoms with Crippen molar-refractivity contribution >= 4 is 27.6 Å². The van der Waals surface area contributed by atoms with Crippen molar-refractivity contribution < 1.29 is 13.2 Å². The van der Waals surface area contributed by atoms with Crippen LogP contribution in [0.2, 0.25) is 0 Å². The van der Waals surface area contributed by atoms with Crippen molar-refractivity contribution in [2.75, 3.05) is 24.3 Å². The third-order valence-electron chi connectivity index (χ3n) is 7.03.